The summed E-state index contributed by atoms with van der Waals surface area (Å²) in [5.74, 6) is -1.48. The van der Waals surface area contributed by atoms with Crippen LogP contribution in [0.15, 0.2) is 30.5 Å². The highest BCUT2D eigenvalue weighted by Gasteiger charge is 2.23. The summed E-state index contributed by atoms with van der Waals surface area (Å²) in [7, 11) is 1.70. The van der Waals surface area contributed by atoms with Gasteiger partial charge in [0.15, 0.2) is 0 Å². The van der Waals surface area contributed by atoms with Crippen molar-refractivity contribution in [2.75, 3.05) is 0 Å². The Morgan fingerprint density at radius 1 is 1.50 bits per heavy atom. The maximum Gasteiger partial charge on any atom is 0.312 e. The molecule has 0 spiro atoms. The Balaban J connectivity index is 2.28. The number of hydrogen-bond acceptors (Lipinski definition) is 3. The first-order chi connectivity index (χ1) is 8.58. The molecule has 0 aliphatic carbocycles. The van der Waals surface area contributed by atoms with Crippen molar-refractivity contribution in [2.24, 2.45) is 7.05 Å². The van der Waals surface area contributed by atoms with Crippen molar-refractivity contribution >= 4 is 5.97 Å². The molecule has 0 amide bonds. The molecule has 0 aliphatic rings. The van der Waals surface area contributed by atoms with Gasteiger partial charge in [0.2, 0.25) is 0 Å². The number of aliphatic carboxylic acids is 1. The first-order valence-electron chi connectivity index (χ1n) is 5.71. The fourth-order valence-corrected chi connectivity index (χ4v) is 2.01. The van der Waals surface area contributed by atoms with Crippen LogP contribution in [0.2, 0.25) is 0 Å². The van der Waals surface area contributed by atoms with Crippen molar-refractivity contribution in [1.82, 2.24) is 15.0 Å². The first kappa shape index (κ1) is 12.3. The van der Waals surface area contributed by atoms with Crippen LogP contribution in [0, 0.1) is 6.92 Å². The molecule has 2 rings (SSSR count). The molecular formula is C13H15N3O2. The van der Waals surface area contributed by atoms with E-state index in [4.69, 9.17) is 0 Å². The number of rotatable bonds is 4. The van der Waals surface area contributed by atoms with Gasteiger partial charge in [-0.15, -0.1) is 5.10 Å². The average molecular weight is 245 g/mol. The Morgan fingerprint density at radius 2 is 2.28 bits per heavy atom. The minimum Gasteiger partial charge on any atom is -0.481 e. The monoisotopic (exact) mass is 245 g/mol. The molecule has 1 heterocycles. The standard InChI is InChI=1S/C13H15N3O2/c1-9-4-3-5-10(6-9)7-11(13(17)18)12-8-14-15-16(12)2/h3-6,8,11H,7H2,1-2H3,(H,17,18). The molecule has 0 aliphatic heterocycles. The number of aromatic nitrogens is 3. The summed E-state index contributed by atoms with van der Waals surface area (Å²) in [6.07, 6.45) is 1.95. The van der Waals surface area contributed by atoms with Crippen molar-refractivity contribution < 1.29 is 9.90 Å². The van der Waals surface area contributed by atoms with Crippen molar-refractivity contribution in [1.29, 1.82) is 0 Å². The molecule has 1 aromatic heterocycles. The Morgan fingerprint density at radius 3 is 2.83 bits per heavy atom. The van der Waals surface area contributed by atoms with E-state index in [1.165, 1.54) is 10.9 Å². The quantitative estimate of drug-likeness (QED) is 0.887. The largest absolute Gasteiger partial charge is 0.481 e. The van der Waals surface area contributed by atoms with Crippen molar-refractivity contribution in [3.05, 3.63) is 47.3 Å². The third-order valence-electron chi connectivity index (χ3n) is 2.93. The SMILES string of the molecule is Cc1cccc(CC(C(=O)O)c2cnnn2C)c1. The normalized spacial score (nSPS) is 12.3. The van der Waals surface area contributed by atoms with Crippen LogP contribution in [0.25, 0.3) is 0 Å². The number of carboxylic acid groups (broad SMARTS) is 1. The fourth-order valence-electron chi connectivity index (χ4n) is 2.01. The van der Waals surface area contributed by atoms with Gasteiger partial charge in [0.1, 0.15) is 5.92 Å². The van der Waals surface area contributed by atoms with E-state index in [2.05, 4.69) is 10.3 Å². The van der Waals surface area contributed by atoms with Crippen LogP contribution in [0.5, 0.6) is 0 Å². The molecule has 0 radical (unpaired) electrons. The first-order valence-corrected chi connectivity index (χ1v) is 5.71. The minimum atomic E-state index is -0.859. The summed E-state index contributed by atoms with van der Waals surface area (Å²) in [5, 5.41) is 16.8. The van der Waals surface area contributed by atoms with Crippen LogP contribution in [0.1, 0.15) is 22.7 Å². The Bertz CT molecular complexity index is 563. The fraction of sp³-hybridized carbons (Fsp3) is 0.308. The highest BCUT2D eigenvalue weighted by Crippen LogP contribution is 2.20. The molecule has 0 fully saturated rings. The zero-order valence-corrected chi connectivity index (χ0v) is 10.4. The molecule has 5 heteroatoms. The maximum absolute atomic E-state index is 11.4. The van der Waals surface area contributed by atoms with Crippen molar-refractivity contribution in [3.63, 3.8) is 0 Å². The van der Waals surface area contributed by atoms with Gasteiger partial charge in [-0.3, -0.25) is 9.48 Å². The third kappa shape index (κ3) is 2.56. The molecule has 1 N–H and O–H groups in total. The summed E-state index contributed by atoms with van der Waals surface area (Å²) in [6.45, 7) is 1.99. The second-order valence-electron chi connectivity index (χ2n) is 4.37. The number of carboxylic acids is 1. The number of carbonyl (C=O) groups is 1. The molecule has 1 unspecified atom stereocenters. The molecule has 5 nitrogen and oxygen atoms in total. The van der Waals surface area contributed by atoms with Gasteiger partial charge in [0, 0.05) is 7.05 Å². The molecule has 0 saturated heterocycles. The molecule has 1 atom stereocenters. The molecule has 94 valence electrons. The van der Waals surface area contributed by atoms with Gasteiger partial charge in [0.25, 0.3) is 0 Å². The van der Waals surface area contributed by atoms with Crippen LogP contribution >= 0.6 is 0 Å². The van der Waals surface area contributed by atoms with Gasteiger partial charge in [-0.2, -0.15) is 0 Å². The third-order valence-corrected chi connectivity index (χ3v) is 2.93. The van der Waals surface area contributed by atoms with Gasteiger partial charge >= 0.3 is 5.97 Å². The average Bonchev–Trinajstić information content (AvgIpc) is 2.72. The lowest BCUT2D eigenvalue weighted by Crippen LogP contribution is -2.17. The lowest BCUT2D eigenvalue weighted by Gasteiger charge is -2.12. The van der Waals surface area contributed by atoms with Gasteiger partial charge < -0.3 is 5.11 Å². The molecule has 1 aromatic carbocycles. The molecule has 0 bridgehead atoms. The van der Waals surface area contributed by atoms with E-state index in [1.807, 2.05) is 31.2 Å². The zero-order valence-electron chi connectivity index (χ0n) is 10.4. The molecular weight excluding hydrogens is 230 g/mol. The van der Waals surface area contributed by atoms with E-state index in [0.29, 0.717) is 12.1 Å². The van der Waals surface area contributed by atoms with Crippen LogP contribution < -0.4 is 0 Å². The van der Waals surface area contributed by atoms with E-state index in [9.17, 15) is 9.90 Å². The number of nitrogens with zero attached hydrogens (tertiary/aromatic N) is 3. The maximum atomic E-state index is 11.4. The summed E-state index contributed by atoms with van der Waals surface area (Å²) in [5.41, 5.74) is 2.74. The van der Waals surface area contributed by atoms with E-state index in [-0.39, 0.29) is 0 Å². The smallest absolute Gasteiger partial charge is 0.312 e. The van der Waals surface area contributed by atoms with E-state index in [1.54, 1.807) is 7.05 Å². The second-order valence-corrected chi connectivity index (χ2v) is 4.37. The van der Waals surface area contributed by atoms with Crippen LogP contribution in [0.4, 0.5) is 0 Å². The molecule has 18 heavy (non-hydrogen) atoms. The molecule has 2 aromatic rings. The van der Waals surface area contributed by atoms with Crippen LogP contribution in [0.3, 0.4) is 0 Å². The number of hydrogen-bond donors (Lipinski definition) is 1. The van der Waals surface area contributed by atoms with Gasteiger partial charge in [0.05, 0.1) is 11.9 Å². The highest BCUT2D eigenvalue weighted by molar-refractivity contribution is 5.75. The van der Waals surface area contributed by atoms with Gasteiger partial charge in [-0.1, -0.05) is 35.0 Å². The number of benzene rings is 1. The molecule has 0 saturated carbocycles. The predicted octanol–water partition coefficient (Wildman–Crippen LogP) is 1.53. The summed E-state index contributed by atoms with van der Waals surface area (Å²) in [6, 6.07) is 7.86. The van der Waals surface area contributed by atoms with Crippen LogP contribution in [-0.4, -0.2) is 26.1 Å². The summed E-state index contributed by atoms with van der Waals surface area (Å²) >= 11 is 0. The van der Waals surface area contributed by atoms with E-state index < -0.39 is 11.9 Å². The zero-order chi connectivity index (χ0) is 13.1. The van der Waals surface area contributed by atoms with Gasteiger partial charge in [-0.25, -0.2) is 0 Å². The highest BCUT2D eigenvalue weighted by atomic mass is 16.4. The van der Waals surface area contributed by atoms with Gasteiger partial charge in [-0.05, 0) is 18.9 Å². The van der Waals surface area contributed by atoms with E-state index >= 15 is 0 Å². The Labute approximate surface area is 105 Å². The van der Waals surface area contributed by atoms with Crippen molar-refractivity contribution in [3.8, 4) is 0 Å². The van der Waals surface area contributed by atoms with Crippen LogP contribution in [-0.2, 0) is 18.3 Å². The lowest BCUT2D eigenvalue weighted by molar-refractivity contribution is -0.138. The topological polar surface area (TPSA) is 68.0 Å². The Hall–Kier alpha value is -2.17. The van der Waals surface area contributed by atoms with Crippen molar-refractivity contribution in [2.45, 2.75) is 19.3 Å². The van der Waals surface area contributed by atoms with E-state index in [0.717, 1.165) is 11.1 Å². The summed E-state index contributed by atoms with van der Waals surface area (Å²) < 4.78 is 1.51. The second kappa shape index (κ2) is 5.00. The Kier molecular flexibility index (Phi) is 3.41. The lowest BCUT2D eigenvalue weighted by atomic mass is 9.96. The minimum absolute atomic E-state index is 0.443. The summed E-state index contributed by atoms with van der Waals surface area (Å²) in [4.78, 5) is 11.4. The number of aryl methyl sites for hydroxylation is 2. The predicted molar refractivity (Wildman–Crippen MR) is 66.3 cm³/mol.